The summed E-state index contributed by atoms with van der Waals surface area (Å²) in [5, 5.41) is 0. The first-order valence-electron chi connectivity index (χ1n) is 11.9. The van der Waals surface area contributed by atoms with Crippen LogP contribution in [-0.2, 0) is 11.3 Å². The second-order valence-corrected chi connectivity index (χ2v) is 9.53. The maximum atomic E-state index is 13.5. The third-order valence-corrected chi connectivity index (χ3v) is 6.66. The Labute approximate surface area is 215 Å². The number of H-pyrrole nitrogens is 1. The van der Waals surface area contributed by atoms with Crippen molar-refractivity contribution in [2.75, 3.05) is 26.2 Å². The number of nitrogens with zero attached hydrogens (tertiary/aromatic N) is 4. The van der Waals surface area contributed by atoms with Gasteiger partial charge in [0.05, 0.1) is 0 Å². The number of hydrogen-bond acceptors (Lipinski definition) is 4. The fourth-order valence-corrected chi connectivity index (χ4v) is 4.92. The van der Waals surface area contributed by atoms with Gasteiger partial charge in [0, 0.05) is 50.2 Å². The first-order chi connectivity index (χ1) is 15.4. The van der Waals surface area contributed by atoms with Gasteiger partial charge in [-0.2, -0.15) is 0 Å². The number of nitrogens with one attached hydrogen (secondary N) is 1. The average molecular weight is 511 g/mol. The first kappa shape index (κ1) is 28.1. The molecular weight excluding hydrogens is 473 g/mol. The van der Waals surface area contributed by atoms with Crippen LogP contribution in [0.5, 0.6) is 0 Å². The third kappa shape index (κ3) is 5.58. The van der Waals surface area contributed by atoms with Gasteiger partial charge in [-0.25, -0.2) is 9.78 Å². The molecule has 2 fully saturated rings. The molecule has 34 heavy (non-hydrogen) atoms. The number of piperidine rings is 1. The SMILES string of the molecule is CCCCN1C(=O)N(CC(C)C)C(=O)C12CCN(Cc1cnc(-c3ccccc3)[nH]1)CC2.Cl.Cl. The van der Waals surface area contributed by atoms with E-state index >= 15 is 0 Å². The van der Waals surface area contributed by atoms with E-state index in [1.807, 2.05) is 41.4 Å². The number of rotatable bonds is 8. The van der Waals surface area contributed by atoms with Crippen molar-refractivity contribution in [3.63, 3.8) is 0 Å². The number of halogens is 2. The summed E-state index contributed by atoms with van der Waals surface area (Å²) >= 11 is 0. The Morgan fingerprint density at radius 2 is 1.76 bits per heavy atom. The number of aromatic nitrogens is 2. The molecule has 0 bridgehead atoms. The Morgan fingerprint density at radius 1 is 1.09 bits per heavy atom. The Kier molecular flexibility index (Phi) is 9.97. The standard InChI is InChI=1S/C25H35N5O2.2ClH/c1-4-5-13-30-24(32)29(17-19(2)3)23(31)25(30)11-14-28(15-12-25)18-21-16-26-22(27-21)20-9-7-6-8-10-20;;/h6-10,16,19H,4-5,11-15,17-18H2,1-3H3,(H,26,27);2*1H. The van der Waals surface area contributed by atoms with Gasteiger partial charge in [-0.1, -0.05) is 57.5 Å². The van der Waals surface area contributed by atoms with Crippen molar-refractivity contribution in [2.24, 2.45) is 5.92 Å². The Balaban J connectivity index is 0.00000204. The van der Waals surface area contributed by atoms with Crippen LogP contribution in [0.4, 0.5) is 4.79 Å². The molecule has 3 heterocycles. The van der Waals surface area contributed by atoms with E-state index in [0.717, 1.165) is 49.6 Å². The van der Waals surface area contributed by atoms with Gasteiger partial charge in [-0.15, -0.1) is 24.8 Å². The van der Waals surface area contributed by atoms with Crippen molar-refractivity contribution < 1.29 is 9.59 Å². The van der Waals surface area contributed by atoms with Crippen LogP contribution in [0.3, 0.4) is 0 Å². The second-order valence-electron chi connectivity index (χ2n) is 9.53. The van der Waals surface area contributed by atoms with Crippen LogP contribution >= 0.6 is 24.8 Å². The van der Waals surface area contributed by atoms with E-state index in [1.54, 1.807) is 0 Å². The highest BCUT2D eigenvalue weighted by Crippen LogP contribution is 2.38. The molecule has 7 nitrogen and oxygen atoms in total. The lowest BCUT2D eigenvalue weighted by Gasteiger charge is -2.42. The van der Waals surface area contributed by atoms with E-state index in [1.165, 1.54) is 4.90 Å². The monoisotopic (exact) mass is 509 g/mol. The fraction of sp³-hybridized carbons (Fsp3) is 0.560. The lowest BCUT2D eigenvalue weighted by atomic mass is 9.85. The van der Waals surface area contributed by atoms with Crippen molar-refractivity contribution >= 4 is 36.8 Å². The smallest absolute Gasteiger partial charge is 0.327 e. The minimum absolute atomic E-state index is 0. The predicted octanol–water partition coefficient (Wildman–Crippen LogP) is 4.98. The summed E-state index contributed by atoms with van der Waals surface area (Å²) in [4.78, 5) is 40.3. The molecule has 188 valence electrons. The number of likely N-dealkylation sites (tertiary alicyclic amines) is 1. The highest BCUT2D eigenvalue weighted by Gasteiger charge is 2.57. The highest BCUT2D eigenvalue weighted by atomic mass is 35.5. The van der Waals surface area contributed by atoms with Crippen LogP contribution in [0, 0.1) is 5.92 Å². The Bertz CT molecular complexity index is 942. The topological polar surface area (TPSA) is 72.5 Å². The molecule has 0 saturated carbocycles. The lowest BCUT2D eigenvalue weighted by molar-refractivity contribution is -0.136. The van der Waals surface area contributed by atoms with E-state index < -0.39 is 5.54 Å². The van der Waals surface area contributed by atoms with Gasteiger partial charge in [0.25, 0.3) is 5.91 Å². The third-order valence-electron chi connectivity index (χ3n) is 6.66. The quantitative estimate of drug-likeness (QED) is 0.509. The normalized spacial score (nSPS) is 17.9. The first-order valence-corrected chi connectivity index (χ1v) is 11.9. The number of unbranched alkanes of at least 4 members (excludes halogenated alkanes) is 1. The van der Waals surface area contributed by atoms with Gasteiger partial charge in [0.1, 0.15) is 11.4 Å². The van der Waals surface area contributed by atoms with Crippen LogP contribution in [0.25, 0.3) is 11.4 Å². The molecule has 2 aliphatic heterocycles. The molecule has 1 aromatic carbocycles. The number of benzene rings is 1. The summed E-state index contributed by atoms with van der Waals surface area (Å²) in [7, 11) is 0. The van der Waals surface area contributed by atoms with Gasteiger partial charge < -0.3 is 9.88 Å². The molecular formula is C25H37Cl2N5O2. The van der Waals surface area contributed by atoms with Gasteiger partial charge in [0.15, 0.2) is 0 Å². The van der Waals surface area contributed by atoms with E-state index in [2.05, 4.69) is 35.6 Å². The largest absolute Gasteiger partial charge is 0.341 e. The molecule has 9 heteroatoms. The zero-order valence-electron chi connectivity index (χ0n) is 20.3. The molecule has 0 unspecified atom stereocenters. The molecule has 0 radical (unpaired) electrons. The molecule has 2 saturated heterocycles. The molecule has 1 N–H and O–H groups in total. The van der Waals surface area contributed by atoms with Gasteiger partial charge in [0.2, 0.25) is 0 Å². The van der Waals surface area contributed by atoms with Crippen molar-refractivity contribution in [1.29, 1.82) is 0 Å². The lowest BCUT2D eigenvalue weighted by Crippen LogP contribution is -2.56. The number of imidazole rings is 1. The zero-order valence-corrected chi connectivity index (χ0v) is 22.0. The minimum Gasteiger partial charge on any atom is -0.341 e. The summed E-state index contributed by atoms with van der Waals surface area (Å²) in [6.45, 7) is 9.74. The summed E-state index contributed by atoms with van der Waals surface area (Å²) in [6, 6.07) is 10.0. The van der Waals surface area contributed by atoms with Crippen molar-refractivity contribution in [3.05, 3.63) is 42.2 Å². The van der Waals surface area contributed by atoms with Gasteiger partial charge in [-0.3, -0.25) is 14.6 Å². The summed E-state index contributed by atoms with van der Waals surface area (Å²) in [5.74, 6) is 1.16. The summed E-state index contributed by atoms with van der Waals surface area (Å²) in [6.07, 6.45) is 5.21. The maximum Gasteiger partial charge on any atom is 0.327 e. The van der Waals surface area contributed by atoms with E-state index in [0.29, 0.717) is 25.9 Å². The molecule has 1 spiro atoms. The van der Waals surface area contributed by atoms with Crippen molar-refractivity contribution in [1.82, 2.24) is 24.7 Å². The zero-order chi connectivity index (χ0) is 22.7. The number of carbonyl (C=O) groups excluding carboxylic acids is 2. The van der Waals surface area contributed by atoms with Gasteiger partial charge >= 0.3 is 6.03 Å². The number of imide groups is 1. The number of urea groups is 1. The van der Waals surface area contributed by atoms with E-state index in [9.17, 15) is 9.59 Å². The Morgan fingerprint density at radius 3 is 2.38 bits per heavy atom. The number of carbonyl (C=O) groups is 2. The van der Waals surface area contributed by atoms with E-state index in [4.69, 9.17) is 0 Å². The molecule has 2 aliphatic rings. The van der Waals surface area contributed by atoms with Crippen LogP contribution in [0.1, 0.15) is 52.1 Å². The minimum atomic E-state index is -0.666. The van der Waals surface area contributed by atoms with Crippen molar-refractivity contribution in [3.8, 4) is 11.4 Å². The number of amides is 3. The molecule has 2 aromatic rings. The van der Waals surface area contributed by atoms with Crippen LogP contribution < -0.4 is 0 Å². The summed E-state index contributed by atoms with van der Waals surface area (Å²) in [5.41, 5.74) is 1.47. The van der Waals surface area contributed by atoms with Gasteiger partial charge in [-0.05, 0) is 25.2 Å². The number of hydrogen-bond donors (Lipinski definition) is 1. The fourth-order valence-electron chi connectivity index (χ4n) is 4.92. The van der Waals surface area contributed by atoms with Crippen LogP contribution in [0.2, 0.25) is 0 Å². The summed E-state index contributed by atoms with van der Waals surface area (Å²) < 4.78 is 0. The maximum absolute atomic E-state index is 13.5. The molecule has 3 amide bonds. The van der Waals surface area contributed by atoms with Crippen molar-refractivity contribution in [2.45, 2.75) is 58.5 Å². The average Bonchev–Trinajstić information content (AvgIpc) is 3.33. The molecule has 1 aromatic heterocycles. The molecule has 0 aliphatic carbocycles. The Hall–Kier alpha value is -2.09. The van der Waals surface area contributed by atoms with Crippen LogP contribution in [-0.4, -0.2) is 68.3 Å². The predicted molar refractivity (Wildman–Crippen MR) is 139 cm³/mol. The van der Waals surface area contributed by atoms with E-state index in [-0.39, 0.29) is 42.7 Å². The number of aromatic amines is 1. The van der Waals surface area contributed by atoms with Crippen LogP contribution in [0.15, 0.2) is 36.5 Å². The second kappa shape index (κ2) is 12.0. The molecule has 4 rings (SSSR count). The molecule has 0 atom stereocenters. The highest BCUT2D eigenvalue weighted by molar-refractivity contribution is 6.07.